The molecule has 1 saturated heterocycles. The molecule has 1 atom stereocenters. The molecule has 0 spiro atoms. The zero-order valence-corrected chi connectivity index (χ0v) is 12.6. The number of hydrogen-bond donors (Lipinski definition) is 1. The van der Waals surface area contributed by atoms with Crippen LogP contribution in [0.2, 0.25) is 0 Å². The zero-order chi connectivity index (χ0) is 12.8. The van der Waals surface area contributed by atoms with E-state index in [2.05, 4.69) is 36.2 Å². The van der Waals surface area contributed by atoms with Crippen LogP contribution in [0.25, 0.3) is 0 Å². The number of nitrogens with one attached hydrogen (secondary N) is 1. The second-order valence-corrected chi connectivity index (χ2v) is 6.74. The van der Waals surface area contributed by atoms with Gasteiger partial charge in [-0.15, -0.1) is 11.3 Å². The molecule has 1 aromatic rings. The van der Waals surface area contributed by atoms with Crippen molar-refractivity contribution in [1.29, 1.82) is 0 Å². The number of rotatable bonds is 5. The summed E-state index contributed by atoms with van der Waals surface area (Å²) in [5.74, 6) is 0. The van der Waals surface area contributed by atoms with Crippen LogP contribution in [0.3, 0.4) is 0 Å². The van der Waals surface area contributed by atoms with Gasteiger partial charge in [-0.3, -0.25) is 0 Å². The maximum absolute atomic E-state index is 3.74. The van der Waals surface area contributed by atoms with Gasteiger partial charge in [-0.1, -0.05) is 6.92 Å². The molecule has 2 heterocycles. The van der Waals surface area contributed by atoms with Gasteiger partial charge in [-0.2, -0.15) is 0 Å². The summed E-state index contributed by atoms with van der Waals surface area (Å²) in [6, 6.07) is 5.19. The van der Waals surface area contributed by atoms with Crippen LogP contribution in [0.4, 0.5) is 0 Å². The summed E-state index contributed by atoms with van der Waals surface area (Å²) in [4.78, 5) is 5.51. The summed E-state index contributed by atoms with van der Waals surface area (Å²) in [7, 11) is 0. The molecule has 1 fully saturated rings. The third-order valence-electron chi connectivity index (χ3n) is 3.72. The van der Waals surface area contributed by atoms with E-state index in [4.69, 9.17) is 0 Å². The fourth-order valence-electron chi connectivity index (χ4n) is 2.72. The van der Waals surface area contributed by atoms with E-state index in [1.165, 1.54) is 55.1 Å². The molecule has 0 aliphatic carbocycles. The van der Waals surface area contributed by atoms with Crippen molar-refractivity contribution in [2.75, 3.05) is 19.6 Å². The van der Waals surface area contributed by atoms with Crippen LogP contribution in [0.15, 0.2) is 12.1 Å². The van der Waals surface area contributed by atoms with Gasteiger partial charge in [0, 0.05) is 22.3 Å². The lowest BCUT2D eigenvalue weighted by molar-refractivity contribution is 0.282. The molecule has 0 bridgehead atoms. The standard InChI is InChI=1S/C15H26N2S/c1-3-9-17-10-4-5-14(8-11-17)16-12-15-7-6-13(2)18-15/h6-7,14,16H,3-5,8-12H2,1-2H3. The van der Waals surface area contributed by atoms with Crippen molar-refractivity contribution in [3.8, 4) is 0 Å². The third-order valence-corrected chi connectivity index (χ3v) is 4.72. The molecule has 2 rings (SSSR count). The van der Waals surface area contributed by atoms with E-state index in [-0.39, 0.29) is 0 Å². The van der Waals surface area contributed by atoms with E-state index in [1.807, 2.05) is 11.3 Å². The van der Waals surface area contributed by atoms with E-state index in [1.54, 1.807) is 0 Å². The zero-order valence-electron chi connectivity index (χ0n) is 11.7. The first-order valence-electron chi connectivity index (χ1n) is 7.29. The monoisotopic (exact) mass is 266 g/mol. The largest absolute Gasteiger partial charge is 0.309 e. The molecule has 1 N–H and O–H groups in total. The number of thiophene rings is 1. The molecular weight excluding hydrogens is 240 g/mol. The van der Waals surface area contributed by atoms with Crippen molar-refractivity contribution in [3.05, 3.63) is 21.9 Å². The number of likely N-dealkylation sites (tertiary alicyclic amines) is 1. The first-order valence-corrected chi connectivity index (χ1v) is 8.10. The Morgan fingerprint density at radius 2 is 2.22 bits per heavy atom. The Kier molecular flexibility index (Phi) is 5.67. The highest BCUT2D eigenvalue weighted by Crippen LogP contribution is 2.16. The van der Waals surface area contributed by atoms with Crippen LogP contribution in [-0.2, 0) is 6.54 Å². The van der Waals surface area contributed by atoms with Crippen molar-refractivity contribution < 1.29 is 0 Å². The third kappa shape index (κ3) is 4.38. The second-order valence-electron chi connectivity index (χ2n) is 5.36. The summed E-state index contributed by atoms with van der Waals surface area (Å²) >= 11 is 1.92. The first kappa shape index (κ1) is 14.0. The van der Waals surface area contributed by atoms with Crippen molar-refractivity contribution in [3.63, 3.8) is 0 Å². The fourth-order valence-corrected chi connectivity index (χ4v) is 3.57. The van der Waals surface area contributed by atoms with Gasteiger partial charge in [0.15, 0.2) is 0 Å². The lowest BCUT2D eigenvalue weighted by Crippen LogP contribution is -2.30. The molecule has 0 saturated carbocycles. The van der Waals surface area contributed by atoms with Gasteiger partial charge in [-0.25, -0.2) is 0 Å². The van der Waals surface area contributed by atoms with Crippen LogP contribution >= 0.6 is 11.3 Å². The Morgan fingerprint density at radius 3 is 2.94 bits per heavy atom. The smallest absolute Gasteiger partial charge is 0.0302 e. The molecule has 102 valence electrons. The Hall–Kier alpha value is -0.380. The molecule has 2 nitrogen and oxygen atoms in total. The Labute approximate surface area is 115 Å². The highest BCUT2D eigenvalue weighted by Gasteiger charge is 2.15. The molecule has 3 heteroatoms. The molecular formula is C15H26N2S. The van der Waals surface area contributed by atoms with Crippen molar-refractivity contribution >= 4 is 11.3 Å². The van der Waals surface area contributed by atoms with Gasteiger partial charge in [0.2, 0.25) is 0 Å². The highest BCUT2D eigenvalue weighted by molar-refractivity contribution is 7.11. The summed E-state index contributed by atoms with van der Waals surface area (Å²) in [6.07, 6.45) is 5.28. The maximum atomic E-state index is 3.74. The topological polar surface area (TPSA) is 15.3 Å². The number of nitrogens with zero attached hydrogens (tertiary/aromatic N) is 1. The van der Waals surface area contributed by atoms with Crippen molar-refractivity contribution in [2.24, 2.45) is 0 Å². The van der Waals surface area contributed by atoms with Crippen molar-refractivity contribution in [1.82, 2.24) is 10.2 Å². The lowest BCUT2D eigenvalue weighted by Gasteiger charge is -2.19. The molecule has 0 amide bonds. The highest BCUT2D eigenvalue weighted by atomic mass is 32.1. The van der Waals surface area contributed by atoms with Gasteiger partial charge >= 0.3 is 0 Å². The van der Waals surface area contributed by atoms with Crippen LogP contribution in [-0.4, -0.2) is 30.6 Å². The minimum absolute atomic E-state index is 0.717. The van der Waals surface area contributed by atoms with Crippen LogP contribution in [0.1, 0.15) is 42.4 Å². The van der Waals surface area contributed by atoms with Gasteiger partial charge in [0.1, 0.15) is 0 Å². The Balaban J connectivity index is 1.73. The van der Waals surface area contributed by atoms with E-state index in [9.17, 15) is 0 Å². The minimum Gasteiger partial charge on any atom is -0.309 e. The van der Waals surface area contributed by atoms with Crippen molar-refractivity contribution in [2.45, 2.75) is 52.1 Å². The number of aryl methyl sites for hydroxylation is 1. The molecule has 1 aromatic heterocycles. The summed E-state index contributed by atoms with van der Waals surface area (Å²) in [5, 5.41) is 3.74. The van der Waals surface area contributed by atoms with E-state index < -0.39 is 0 Å². The van der Waals surface area contributed by atoms with E-state index in [0.717, 1.165) is 6.54 Å². The van der Waals surface area contributed by atoms with Gasteiger partial charge in [0.25, 0.3) is 0 Å². The molecule has 0 radical (unpaired) electrons. The lowest BCUT2D eigenvalue weighted by atomic mass is 10.1. The summed E-state index contributed by atoms with van der Waals surface area (Å²) in [6.45, 7) is 9.36. The molecule has 1 aliphatic heterocycles. The second kappa shape index (κ2) is 7.27. The number of hydrogen-bond acceptors (Lipinski definition) is 3. The normalized spacial score (nSPS) is 22.0. The van der Waals surface area contributed by atoms with Gasteiger partial charge in [0.05, 0.1) is 0 Å². The Morgan fingerprint density at radius 1 is 1.33 bits per heavy atom. The van der Waals surface area contributed by atoms with Gasteiger partial charge in [-0.05, 0) is 64.4 Å². The summed E-state index contributed by atoms with van der Waals surface area (Å²) in [5.41, 5.74) is 0. The minimum atomic E-state index is 0.717. The van der Waals surface area contributed by atoms with E-state index >= 15 is 0 Å². The van der Waals surface area contributed by atoms with Crippen LogP contribution < -0.4 is 5.32 Å². The molecule has 1 aliphatic rings. The fraction of sp³-hybridized carbons (Fsp3) is 0.733. The molecule has 1 unspecified atom stereocenters. The van der Waals surface area contributed by atoms with Crippen LogP contribution in [0, 0.1) is 6.92 Å². The predicted octanol–water partition coefficient (Wildman–Crippen LogP) is 3.41. The average Bonchev–Trinajstić information content (AvgIpc) is 2.64. The SMILES string of the molecule is CCCN1CCCC(NCc2ccc(C)s2)CC1. The summed E-state index contributed by atoms with van der Waals surface area (Å²) < 4.78 is 0. The average molecular weight is 266 g/mol. The molecule has 0 aromatic carbocycles. The Bertz CT molecular complexity index is 348. The van der Waals surface area contributed by atoms with E-state index in [0.29, 0.717) is 6.04 Å². The predicted molar refractivity (Wildman–Crippen MR) is 80.3 cm³/mol. The first-order chi connectivity index (χ1) is 8.78. The molecule has 18 heavy (non-hydrogen) atoms. The van der Waals surface area contributed by atoms with Gasteiger partial charge < -0.3 is 10.2 Å². The van der Waals surface area contributed by atoms with Crippen LogP contribution in [0.5, 0.6) is 0 Å². The maximum Gasteiger partial charge on any atom is 0.0302 e. The quantitative estimate of drug-likeness (QED) is 0.878.